The number of ether oxygens (including phenoxy) is 1. The van der Waals surface area contributed by atoms with Crippen LogP contribution in [-0.2, 0) is 11.3 Å². The highest BCUT2D eigenvalue weighted by Gasteiger charge is 2.19. The molecule has 0 aliphatic carbocycles. The minimum absolute atomic E-state index is 0.0271. The van der Waals surface area contributed by atoms with Gasteiger partial charge in [-0.05, 0) is 41.0 Å². The Bertz CT molecular complexity index is 607. The van der Waals surface area contributed by atoms with Crippen molar-refractivity contribution in [2.24, 2.45) is 4.99 Å². The van der Waals surface area contributed by atoms with Crippen molar-refractivity contribution in [1.82, 2.24) is 20.9 Å². The van der Waals surface area contributed by atoms with E-state index in [1.54, 1.807) is 18.4 Å². The number of carbonyl (C=O) groups is 1. The van der Waals surface area contributed by atoms with Crippen molar-refractivity contribution >= 4 is 23.4 Å². The zero-order valence-corrected chi connectivity index (χ0v) is 17.8. The van der Waals surface area contributed by atoms with Gasteiger partial charge >= 0.3 is 6.09 Å². The largest absolute Gasteiger partial charge is 0.444 e. The molecule has 1 aromatic rings. The first-order chi connectivity index (χ1) is 12.1. The lowest BCUT2D eigenvalue weighted by molar-refractivity contribution is 0.0502. The van der Waals surface area contributed by atoms with Crippen LogP contribution in [0.5, 0.6) is 0 Å². The van der Waals surface area contributed by atoms with Gasteiger partial charge in [0.15, 0.2) is 5.96 Å². The Morgan fingerprint density at radius 3 is 2.50 bits per heavy atom. The van der Waals surface area contributed by atoms with E-state index in [-0.39, 0.29) is 6.04 Å². The van der Waals surface area contributed by atoms with Gasteiger partial charge in [-0.25, -0.2) is 9.78 Å². The fraction of sp³-hybridized carbons (Fsp3) is 0.722. The van der Waals surface area contributed by atoms with Crippen LogP contribution in [0.3, 0.4) is 0 Å². The van der Waals surface area contributed by atoms with E-state index < -0.39 is 11.7 Å². The molecule has 0 aromatic carbocycles. The third-order valence-electron chi connectivity index (χ3n) is 3.51. The number of amides is 1. The highest BCUT2D eigenvalue weighted by Crippen LogP contribution is 2.16. The number of alkyl carbamates (subject to hydrolysis) is 1. The number of aryl methyl sites for hydroxylation is 2. The average molecular weight is 384 g/mol. The minimum Gasteiger partial charge on any atom is -0.444 e. The van der Waals surface area contributed by atoms with Crippen LogP contribution in [0.1, 0.15) is 56.1 Å². The first-order valence-corrected chi connectivity index (χ1v) is 9.83. The van der Waals surface area contributed by atoms with Gasteiger partial charge in [0.25, 0.3) is 0 Å². The van der Waals surface area contributed by atoms with Crippen molar-refractivity contribution in [3.8, 4) is 0 Å². The van der Waals surface area contributed by atoms with Gasteiger partial charge in [0.05, 0.1) is 17.2 Å². The summed E-state index contributed by atoms with van der Waals surface area (Å²) in [5.41, 5.74) is 0.544. The maximum atomic E-state index is 12.0. The van der Waals surface area contributed by atoms with Crippen molar-refractivity contribution < 1.29 is 9.53 Å². The summed E-state index contributed by atoms with van der Waals surface area (Å²) in [6, 6.07) is -0.0271. The molecule has 3 N–H and O–H groups in total. The quantitative estimate of drug-likeness (QED) is 0.497. The Hall–Kier alpha value is -1.83. The summed E-state index contributed by atoms with van der Waals surface area (Å²) in [5, 5.41) is 10.6. The lowest BCUT2D eigenvalue weighted by atomic mass is 10.1. The standard InChI is InChI=1S/C18H33N5O2S/c1-8-9-14(23-17(24)25-18(4,5)6)10-20-16(19-7)21-11-15-12(2)22-13(3)26-15/h14H,8-11H2,1-7H3,(H,23,24)(H2,19,20,21). The molecule has 1 atom stereocenters. The van der Waals surface area contributed by atoms with Gasteiger partial charge in [-0.2, -0.15) is 0 Å². The Morgan fingerprint density at radius 2 is 2.00 bits per heavy atom. The third-order valence-corrected chi connectivity index (χ3v) is 4.59. The molecule has 0 spiro atoms. The summed E-state index contributed by atoms with van der Waals surface area (Å²) in [6.45, 7) is 12.9. The molecular formula is C18H33N5O2S. The van der Waals surface area contributed by atoms with Gasteiger partial charge in [-0.1, -0.05) is 13.3 Å². The first kappa shape index (κ1) is 22.2. The summed E-state index contributed by atoms with van der Waals surface area (Å²) < 4.78 is 5.34. The molecule has 1 aromatic heterocycles. The second kappa shape index (κ2) is 10.4. The zero-order chi connectivity index (χ0) is 19.7. The van der Waals surface area contributed by atoms with Crippen LogP contribution in [0.4, 0.5) is 4.79 Å². The smallest absolute Gasteiger partial charge is 0.407 e. The SMILES string of the molecule is CCCC(CNC(=NC)NCc1sc(C)nc1C)NC(=O)OC(C)(C)C. The van der Waals surface area contributed by atoms with Crippen molar-refractivity contribution in [2.75, 3.05) is 13.6 Å². The molecule has 0 saturated heterocycles. The van der Waals surface area contributed by atoms with E-state index in [0.717, 1.165) is 23.5 Å². The molecular weight excluding hydrogens is 350 g/mol. The Morgan fingerprint density at radius 1 is 1.31 bits per heavy atom. The van der Waals surface area contributed by atoms with Crippen LogP contribution in [0.15, 0.2) is 4.99 Å². The van der Waals surface area contributed by atoms with Gasteiger partial charge in [0, 0.05) is 24.5 Å². The van der Waals surface area contributed by atoms with Crippen LogP contribution >= 0.6 is 11.3 Å². The van der Waals surface area contributed by atoms with E-state index in [0.29, 0.717) is 19.0 Å². The Labute approximate surface area is 161 Å². The van der Waals surface area contributed by atoms with Crippen LogP contribution in [-0.4, -0.2) is 42.3 Å². The number of nitrogens with one attached hydrogen (secondary N) is 3. The zero-order valence-electron chi connectivity index (χ0n) is 17.0. The van der Waals surface area contributed by atoms with Crippen molar-refractivity contribution in [3.05, 3.63) is 15.6 Å². The summed E-state index contributed by atoms with van der Waals surface area (Å²) in [6.07, 6.45) is 1.43. The van der Waals surface area contributed by atoms with E-state index in [2.05, 4.69) is 32.9 Å². The average Bonchev–Trinajstić information content (AvgIpc) is 2.83. The lowest BCUT2D eigenvalue weighted by Gasteiger charge is -2.24. The number of nitrogens with zero attached hydrogens (tertiary/aromatic N) is 2. The number of rotatable bonds is 7. The van der Waals surface area contributed by atoms with Crippen molar-refractivity contribution in [1.29, 1.82) is 0 Å². The van der Waals surface area contributed by atoms with E-state index in [1.165, 1.54) is 4.88 Å². The molecule has 0 aliphatic rings. The van der Waals surface area contributed by atoms with E-state index in [1.807, 2.05) is 34.6 Å². The molecule has 1 rings (SSSR count). The molecule has 0 bridgehead atoms. The highest BCUT2D eigenvalue weighted by atomic mass is 32.1. The van der Waals surface area contributed by atoms with E-state index in [4.69, 9.17) is 4.74 Å². The normalized spacial score (nSPS) is 13.3. The number of aliphatic imine (C=N–C) groups is 1. The predicted molar refractivity (Wildman–Crippen MR) is 108 cm³/mol. The molecule has 1 heterocycles. The Kier molecular flexibility index (Phi) is 8.84. The molecule has 1 unspecified atom stereocenters. The fourth-order valence-corrected chi connectivity index (χ4v) is 3.27. The maximum absolute atomic E-state index is 12.0. The second-order valence-electron chi connectivity index (χ2n) is 7.18. The number of aromatic nitrogens is 1. The molecule has 8 heteroatoms. The molecule has 0 radical (unpaired) electrons. The number of thiazole rings is 1. The van der Waals surface area contributed by atoms with Gasteiger partial charge in [-0.3, -0.25) is 4.99 Å². The molecule has 0 aliphatic heterocycles. The van der Waals surface area contributed by atoms with Crippen LogP contribution < -0.4 is 16.0 Å². The molecule has 0 saturated carbocycles. The number of carbonyl (C=O) groups excluding carboxylic acids is 1. The molecule has 7 nitrogen and oxygen atoms in total. The number of hydrogen-bond acceptors (Lipinski definition) is 5. The van der Waals surface area contributed by atoms with Crippen molar-refractivity contribution in [3.63, 3.8) is 0 Å². The summed E-state index contributed by atoms with van der Waals surface area (Å²) in [5.74, 6) is 0.697. The fourth-order valence-electron chi connectivity index (χ4n) is 2.39. The molecule has 0 fully saturated rings. The first-order valence-electron chi connectivity index (χ1n) is 9.01. The Balaban J connectivity index is 2.51. The lowest BCUT2D eigenvalue weighted by Crippen LogP contribution is -2.48. The molecule has 148 valence electrons. The predicted octanol–water partition coefficient (Wildman–Crippen LogP) is 3.12. The summed E-state index contributed by atoms with van der Waals surface area (Å²) >= 11 is 1.68. The summed E-state index contributed by atoms with van der Waals surface area (Å²) in [4.78, 5) is 21.9. The maximum Gasteiger partial charge on any atom is 0.407 e. The number of guanidine groups is 1. The van der Waals surface area contributed by atoms with E-state index >= 15 is 0 Å². The van der Waals surface area contributed by atoms with Crippen LogP contribution in [0.2, 0.25) is 0 Å². The van der Waals surface area contributed by atoms with E-state index in [9.17, 15) is 4.79 Å². The third kappa shape index (κ3) is 8.51. The highest BCUT2D eigenvalue weighted by molar-refractivity contribution is 7.11. The monoisotopic (exact) mass is 383 g/mol. The molecule has 26 heavy (non-hydrogen) atoms. The van der Waals surface area contributed by atoms with Gasteiger partial charge in [-0.15, -0.1) is 11.3 Å². The summed E-state index contributed by atoms with van der Waals surface area (Å²) in [7, 11) is 1.73. The van der Waals surface area contributed by atoms with Crippen molar-refractivity contribution in [2.45, 2.75) is 72.6 Å². The minimum atomic E-state index is -0.503. The number of hydrogen-bond donors (Lipinski definition) is 3. The topological polar surface area (TPSA) is 87.6 Å². The second-order valence-corrected chi connectivity index (χ2v) is 8.47. The van der Waals surface area contributed by atoms with Gasteiger partial charge in [0.2, 0.25) is 0 Å². The van der Waals surface area contributed by atoms with Gasteiger partial charge in [0.1, 0.15) is 5.60 Å². The van der Waals surface area contributed by atoms with Crippen LogP contribution in [0, 0.1) is 13.8 Å². The van der Waals surface area contributed by atoms with Crippen LogP contribution in [0.25, 0.3) is 0 Å². The molecule has 1 amide bonds. The van der Waals surface area contributed by atoms with Gasteiger partial charge < -0.3 is 20.7 Å².